The van der Waals surface area contributed by atoms with Crippen molar-refractivity contribution in [1.82, 2.24) is 9.71 Å². The van der Waals surface area contributed by atoms with Crippen molar-refractivity contribution in [2.75, 3.05) is 5.73 Å². The molecule has 0 aliphatic rings. The van der Waals surface area contributed by atoms with Crippen molar-refractivity contribution in [2.24, 2.45) is 0 Å². The number of nitrogen functional groups attached to an aromatic ring is 1. The minimum absolute atomic E-state index is 0.0648. The lowest BCUT2D eigenvalue weighted by atomic mass is 10.3. The molecule has 0 aliphatic carbocycles. The second-order valence-corrected chi connectivity index (χ2v) is 5.87. The van der Waals surface area contributed by atoms with Crippen LogP contribution in [0.25, 0.3) is 0 Å². The number of hydrogen-bond acceptors (Lipinski definition) is 6. The lowest BCUT2D eigenvalue weighted by Crippen LogP contribution is -2.24. The molecule has 0 saturated heterocycles. The molecule has 0 saturated carbocycles. The molecular formula is C12H12N4O4S. The first kappa shape index (κ1) is 14.9. The fourth-order valence-electron chi connectivity index (χ4n) is 1.65. The second-order valence-electron chi connectivity index (χ2n) is 4.13. The Morgan fingerprint density at radius 2 is 2.05 bits per heavy atom. The molecule has 0 atom stereocenters. The normalized spacial score (nSPS) is 11.2. The summed E-state index contributed by atoms with van der Waals surface area (Å²) in [6.07, 6.45) is 1.52. The van der Waals surface area contributed by atoms with Crippen LogP contribution in [0.1, 0.15) is 5.69 Å². The Hall–Kier alpha value is -2.52. The van der Waals surface area contributed by atoms with E-state index < -0.39 is 25.5 Å². The van der Waals surface area contributed by atoms with E-state index >= 15 is 0 Å². The van der Waals surface area contributed by atoms with E-state index in [9.17, 15) is 18.5 Å². The van der Waals surface area contributed by atoms with E-state index in [2.05, 4.69) is 9.71 Å². The predicted octanol–water partition coefficient (Wildman–Crippen LogP) is 1.05. The molecule has 2 rings (SSSR count). The van der Waals surface area contributed by atoms with Crippen molar-refractivity contribution in [3.63, 3.8) is 0 Å². The van der Waals surface area contributed by atoms with Gasteiger partial charge in [-0.25, -0.2) is 13.1 Å². The fraction of sp³-hybridized carbons (Fsp3) is 0.0833. The third kappa shape index (κ3) is 3.52. The molecule has 0 aliphatic heterocycles. The lowest BCUT2D eigenvalue weighted by molar-refractivity contribution is -0.387. The van der Waals surface area contributed by atoms with E-state index in [4.69, 9.17) is 5.73 Å². The fourth-order valence-corrected chi connectivity index (χ4v) is 2.80. The number of nitro benzene ring substituents is 1. The van der Waals surface area contributed by atoms with Crippen molar-refractivity contribution >= 4 is 21.4 Å². The summed E-state index contributed by atoms with van der Waals surface area (Å²) in [4.78, 5) is 13.7. The van der Waals surface area contributed by atoms with Crippen LogP contribution in [0.4, 0.5) is 11.4 Å². The van der Waals surface area contributed by atoms with Crippen molar-refractivity contribution in [1.29, 1.82) is 0 Å². The highest BCUT2D eigenvalue weighted by molar-refractivity contribution is 7.89. The molecule has 9 heteroatoms. The van der Waals surface area contributed by atoms with Gasteiger partial charge in [-0.15, -0.1) is 0 Å². The van der Waals surface area contributed by atoms with E-state index in [1.54, 1.807) is 18.2 Å². The molecule has 1 aromatic heterocycles. The van der Waals surface area contributed by atoms with Crippen molar-refractivity contribution in [3.05, 3.63) is 58.4 Å². The van der Waals surface area contributed by atoms with Gasteiger partial charge in [-0.1, -0.05) is 6.07 Å². The van der Waals surface area contributed by atoms with E-state index in [-0.39, 0.29) is 12.2 Å². The third-order valence-corrected chi connectivity index (χ3v) is 4.09. The molecule has 0 radical (unpaired) electrons. The third-order valence-electron chi connectivity index (χ3n) is 2.64. The van der Waals surface area contributed by atoms with Gasteiger partial charge in [0.1, 0.15) is 0 Å². The van der Waals surface area contributed by atoms with Crippen molar-refractivity contribution < 1.29 is 13.3 Å². The van der Waals surface area contributed by atoms with Gasteiger partial charge >= 0.3 is 0 Å². The minimum atomic E-state index is -4.04. The van der Waals surface area contributed by atoms with Crippen LogP contribution in [-0.2, 0) is 16.6 Å². The number of nitro groups is 1. The Morgan fingerprint density at radius 1 is 1.29 bits per heavy atom. The molecule has 110 valence electrons. The summed E-state index contributed by atoms with van der Waals surface area (Å²) in [6, 6.07) is 8.46. The van der Waals surface area contributed by atoms with Gasteiger partial charge in [0, 0.05) is 18.0 Å². The first-order valence-corrected chi connectivity index (χ1v) is 7.32. The van der Waals surface area contributed by atoms with E-state index in [1.807, 2.05) is 0 Å². The maximum absolute atomic E-state index is 12.2. The monoisotopic (exact) mass is 308 g/mol. The van der Waals surface area contributed by atoms with Gasteiger partial charge in [-0.05, 0) is 24.3 Å². The molecule has 0 unspecified atom stereocenters. The molecule has 0 bridgehead atoms. The Morgan fingerprint density at radius 3 is 2.67 bits per heavy atom. The van der Waals surface area contributed by atoms with Crippen LogP contribution in [0.2, 0.25) is 0 Å². The van der Waals surface area contributed by atoms with Gasteiger partial charge in [0.15, 0.2) is 4.90 Å². The number of rotatable bonds is 5. The van der Waals surface area contributed by atoms with E-state index in [1.165, 1.54) is 12.3 Å². The molecule has 1 heterocycles. The Bertz CT molecular complexity index is 762. The molecule has 1 aromatic carbocycles. The average Bonchev–Trinajstić information content (AvgIpc) is 2.46. The van der Waals surface area contributed by atoms with E-state index in [0.717, 1.165) is 12.1 Å². The van der Waals surface area contributed by atoms with Gasteiger partial charge in [0.05, 0.1) is 17.2 Å². The van der Waals surface area contributed by atoms with Crippen LogP contribution >= 0.6 is 0 Å². The molecule has 3 N–H and O–H groups in total. The highest BCUT2D eigenvalue weighted by atomic mass is 32.2. The van der Waals surface area contributed by atoms with Crippen molar-refractivity contribution in [2.45, 2.75) is 11.4 Å². The number of nitrogens with one attached hydrogen (secondary N) is 1. The van der Waals surface area contributed by atoms with E-state index in [0.29, 0.717) is 5.69 Å². The Balaban J connectivity index is 2.30. The molecule has 8 nitrogen and oxygen atoms in total. The summed E-state index contributed by atoms with van der Waals surface area (Å²) >= 11 is 0. The average molecular weight is 308 g/mol. The van der Waals surface area contributed by atoms with Gasteiger partial charge in [-0.2, -0.15) is 0 Å². The Kier molecular flexibility index (Phi) is 4.15. The zero-order chi connectivity index (χ0) is 15.5. The van der Waals surface area contributed by atoms with Crippen LogP contribution < -0.4 is 10.5 Å². The topological polar surface area (TPSA) is 128 Å². The van der Waals surface area contributed by atoms with Crippen molar-refractivity contribution in [3.8, 4) is 0 Å². The second kappa shape index (κ2) is 5.85. The highest BCUT2D eigenvalue weighted by Gasteiger charge is 2.25. The molecular weight excluding hydrogens is 296 g/mol. The molecule has 0 spiro atoms. The summed E-state index contributed by atoms with van der Waals surface area (Å²) in [6.45, 7) is -0.0648. The van der Waals surface area contributed by atoms with Crippen LogP contribution in [0.3, 0.4) is 0 Å². The number of nitrogens with zero attached hydrogens (tertiary/aromatic N) is 2. The molecule has 2 aromatic rings. The Labute approximate surface area is 120 Å². The number of anilines is 1. The zero-order valence-corrected chi connectivity index (χ0v) is 11.6. The summed E-state index contributed by atoms with van der Waals surface area (Å²) in [5.74, 6) is 0. The minimum Gasteiger partial charge on any atom is -0.399 e. The first-order chi connectivity index (χ1) is 9.90. The van der Waals surface area contributed by atoms with Crippen LogP contribution in [-0.4, -0.2) is 18.3 Å². The number of hydrogen-bond donors (Lipinski definition) is 2. The molecule has 21 heavy (non-hydrogen) atoms. The first-order valence-electron chi connectivity index (χ1n) is 5.83. The zero-order valence-electron chi connectivity index (χ0n) is 10.8. The van der Waals surface area contributed by atoms with Crippen LogP contribution in [0, 0.1) is 10.1 Å². The van der Waals surface area contributed by atoms with Gasteiger partial charge in [0.2, 0.25) is 10.0 Å². The standard InChI is InChI=1S/C12H12N4O4S/c13-9-4-5-12(11(7-9)16(17)18)21(19,20)15-8-10-3-1-2-6-14-10/h1-7,15H,8,13H2. The van der Waals surface area contributed by atoms with Crippen LogP contribution in [0.15, 0.2) is 47.5 Å². The van der Waals surface area contributed by atoms with Crippen LogP contribution in [0.5, 0.6) is 0 Å². The number of sulfonamides is 1. The maximum Gasteiger partial charge on any atom is 0.291 e. The number of pyridine rings is 1. The summed E-state index contributed by atoms with van der Waals surface area (Å²) < 4.78 is 26.6. The maximum atomic E-state index is 12.2. The molecule has 0 fully saturated rings. The smallest absolute Gasteiger partial charge is 0.291 e. The highest BCUT2D eigenvalue weighted by Crippen LogP contribution is 2.25. The number of nitrogens with two attached hydrogens (primary N) is 1. The number of benzene rings is 1. The molecule has 0 amide bonds. The van der Waals surface area contributed by atoms with Gasteiger partial charge < -0.3 is 5.73 Å². The SMILES string of the molecule is Nc1ccc(S(=O)(=O)NCc2ccccn2)c([N+](=O)[O-])c1. The lowest BCUT2D eigenvalue weighted by Gasteiger charge is -2.07. The largest absolute Gasteiger partial charge is 0.399 e. The quantitative estimate of drug-likeness (QED) is 0.482. The summed E-state index contributed by atoms with van der Waals surface area (Å²) in [7, 11) is -4.04. The predicted molar refractivity (Wildman–Crippen MR) is 75.8 cm³/mol. The summed E-state index contributed by atoms with van der Waals surface area (Å²) in [5.41, 5.74) is 5.49. The van der Waals surface area contributed by atoms with Gasteiger partial charge in [0.25, 0.3) is 5.69 Å². The summed E-state index contributed by atoms with van der Waals surface area (Å²) in [5, 5.41) is 10.9. The van der Waals surface area contributed by atoms with Gasteiger partial charge in [-0.3, -0.25) is 15.1 Å². The number of aromatic nitrogens is 1.